The number of halogens is 1. The number of amides is 1. The van der Waals surface area contributed by atoms with Crippen LogP contribution >= 0.6 is 15.9 Å². The number of rotatable bonds is 11. The number of hydrogen-bond acceptors (Lipinski definition) is 2. The number of anilines is 1. The third-order valence-corrected chi connectivity index (χ3v) is 7.01. The largest absolute Gasteiger partial charge is 0.312 e. The second-order valence-corrected chi connectivity index (χ2v) is 10.6. The smallest absolute Gasteiger partial charge is 0.227 e. The summed E-state index contributed by atoms with van der Waals surface area (Å²) in [6, 6.07) is 13.7. The van der Waals surface area contributed by atoms with Gasteiger partial charge in [0.25, 0.3) is 0 Å². The van der Waals surface area contributed by atoms with Crippen molar-refractivity contribution < 1.29 is 9.59 Å². The monoisotopic (exact) mass is 509 g/mol. The lowest BCUT2D eigenvalue weighted by molar-refractivity contribution is -0.120. The van der Waals surface area contributed by atoms with Crippen molar-refractivity contribution in [1.82, 2.24) is 0 Å². The van der Waals surface area contributed by atoms with E-state index in [4.69, 9.17) is 0 Å². The van der Waals surface area contributed by atoms with Crippen molar-refractivity contribution in [3.8, 4) is 0 Å². The maximum Gasteiger partial charge on any atom is 0.227 e. The number of benzene rings is 2. The molecule has 0 fully saturated rings. The molecule has 0 N–H and O–H groups in total. The van der Waals surface area contributed by atoms with Crippen LogP contribution in [0.2, 0.25) is 0 Å². The molecule has 2 aromatic rings. The topological polar surface area (TPSA) is 37.4 Å². The number of allylic oxidation sites excluding steroid dienone is 1. The molecule has 0 saturated heterocycles. The van der Waals surface area contributed by atoms with Gasteiger partial charge in [-0.1, -0.05) is 93.4 Å². The van der Waals surface area contributed by atoms with Gasteiger partial charge in [0, 0.05) is 34.1 Å². The fourth-order valence-corrected chi connectivity index (χ4v) is 4.75. The van der Waals surface area contributed by atoms with Crippen LogP contribution in [0, 0.1) is 0 Å². The van der Waals surface area contributed by atoms with Gasteiger partial charge in [-0.2, -0.15) is 0 Å². The second-order valence-electron chi connectivity index (χ2n) is 9.71. The zero-order valence-corrected chi connectivity index (χ0v) is 21.8. The van der Waals surface area contributed by atoms with E-state index in [1.54, 1.807) is 6.08 Å². The second kappa shape index (κ2) is 11.8. The summed E-state index contributed by atoms with van der Waals surface area (Å²) in [5.74, 6) is 0.166. The van der Waals surface area contributed by atoms with Crippen LogP contribution in [0.25, 0.3) is 6.08 Å². The predicted molar refractivity (Wildman–Crippen MR) is 142 cm³/mol. The molecule has 1 aliphatic heterocycles. The molecule has 3 rings (SSSR count). The van der Waals surface area contributed by atoms with Crippen LogP contribution in [0.15, 0.2) is 53.0 Å². The first kappa shape index (κ1) is 25.4. The van der Waals surface area contributed by atoms with Gasteiger partial charge < -0.3 is 4.90 Å². The van der Waals surface area contributed by atoms with Gasteiger partial charge in [-0.05, 0) is 54.0 Å². The van der Waals surface area contributed by atoms with E-state index in [0.29, 0.717) is 12.0 Å². The molecule has 0 bridgehead atoms. The highest BCUT2D eigenvalue weighted by atomic mass is 79.9. The molecule has 2 aromatic carbocycles. The minimum atomic E-state index is -0.283. The van der Waals surface area contributed by atoms with Gasteiger partial charge in [0.05, 0.1) is 0 Å². The zero-order chi connectivity index (χ0) is 23.8. The zero-order valence-electron chi connectivity index (χ0n) is 20.2. The first-order chi connectivity index (χ1) is 15.8. The molecule has 0 aliphatic carbocycles. The fourth-order valence-electron chi connectivity index (χ4n) is 4.48. The molecule has 1 amide bonds. The van der Waals surface area contributed by atoms with Crippen LogP contribution in [0.4, 0.5) is 5.69 Å². The molecular weight excluding hydrogens is 474 g/mol. The Kier molecular flexibility index (Phi) is 9.08. The standard InChI is InChI=1S/C29H36BrNO2/c1-4-5-6-7-8-9-10-19-31-26-17-14-23(20-25(26)29(2,3)21-28(31)33)27(32)18-13-22-11-15-24(30)16-12-22/h11-18,20H,4-10,19,21H2,1-3H3. The number of fused-ring (bicyclic) bond motifs is 1. The average Bonchev–Trinajstić information content (AvgIpc) is 2.79. The third kappa shape index (κ3) is 6.89. The van der Waals surface area contributed by atoms with Crippen molar-refractivity contribution in [2.45, 2.75) is 77.6 Å². The van der Waals surface area contributed by atoms with E-state index < -0.39 is 0 Å². The number of carbonyl (C=O) groups excluding carboxylic acids is 2. The number of carbonyl (C=O) groups is 2. The molecule has 1 heterocycles. The summed E-state index contributed by atoms with van der Waals surface area (Å²) in [5, 5.41) is 0. The van der Waals surface area contributed by atoms with E-state index in [2.05, 4.69) is 36.7 Å². The third-order valence-electron chi connectivity index (χ3n) is 6.48. The number of nitrogens with zero attached hydrogens (tertiary/aromatic N) is 1. The molecule has 0 spiro atoms. The lowest BCUT2D eigenvalue weighted by Gasteiger charge is -2.39. The van der Waals surface area contributed by atoms with Gasteiger partial charge in [-0.15, -0.1) is 0 Å². The molecular formula is C29H36BrNO2. The van der Waals surface area contributed by atoms with Crippen LogP contribution in [0.5, 0.6) is 0 Å². The van der Waals surface area contributed by atoms with E-state index >= 15 is 0 Å². The van der Waals surface area contributed by atoms with Crippen molar-refractivity contribution in [2.75, 3.05) is 11.4 Å². The van der Waals surface area contributed by atoms with Crippen molar-refractivity contribution >= 4 is 39.4 Å². The molecule has 3 nitrogen and oxygen atoms in total. The summed E-state index contributed by atoms with van der Waals surface area (Å²) in [4.78, 5) is 27.7. The summed E-state index contributed by atoms with van der Waals surface area (Å²) >= 11 is 3.43. The maximum atomic E-state index is 12.9. The van der Waals surface area contributed by atoms with Gasteiger partial charge in [-0.3, -0.25) is 9.59 Å². The van der Waals surface area contributed by atoms with E-state index in [1.807, 2.05) is 53.4 Å². The fraction of sp³-hybridized carbons (Fsp3) is 0.448. The Hall–Kier alpha value is -2.20. The summed E-state index contributed by atoms with van der Waals surface area (Å²) in [6.07, 6.45) is 12.5. The Morgan fingerprint density at radius 3 is 2.36 bits per heavy atom. The Labute approximate surface area is 207 Å². The van der Waals surface area contributed by atoms with Crippen LogP contribution < -0.4 is 4.90 Å². The van der Waals surface area contributed by atoms with Gasteiger partial charge in [0.15, 0.2) is 5.78 Å². The molecule has 33 heavy (non-hydrogen) atoms. The van der Waals surface area contributed by atoms with Crippen molar-refractivity contribution in [1.29, 1.82) is 0 Å². The maximum absolute atomic E-state index is 12.9. The SMILES string of the molecule is CCCCCCCCCN1C(=O)CC(C)(C)c2cc(C(=O)C=Cc3ccc(Br)cc3)ccc21. The van der Waals surface area contributed by atoms with Crippen molar-refractivity contribution in [3.63, 3.8) is 0 Å². The molecule has 176 valence electrons. The van der Waals surface area contributed by atoms with E-state index in [0.717, 1.165) is 40.7 Å². The van der Waals surface area contributed by atoms with E-state index in [9.17, 15) is 9.59 Å². The summed E-state index contributed by atoms with van der Waals surface area (Å²) in [7, 11) is 0. The highest BCUT2D eigenvalue weighted by Crippen LogP contribution is 2.41. The molecule has 4 heteroatoms. The van der Waals surface area contributed by atoms with Crippen LogP contribution in [-0.4, -0.2) is 18.2 Å². The minimum Gasteiger partial charge on any atom is -0.312 e. The highest BCUT2D eigenvalue weighted by Gasteiger charge is 2.36. The lowest BCUT2D eigenvalue weighted by atomic mass is 9.76. The van der Waals surface area contributed by atoms with E-state index in [1.165, 1.54) is 32.1 Å². The molecule has 1 aliphatic rings. The first-order valence-corrected chi connectivity index (χ1v) is 13.0. The molecule has 0 aromatic heterocycles. The normalized spacial score (nSPS) is 15.2. The number of unbranched alkanes of at least 4 members (excludes halogenated alkanes) is 6. The minimum absolute atomic E-state index is 0.0213. The van der Waals surface area contributed by atoms with Crippen molar-refractivity contribution in [2.24, 2.45) is 0 Å². The molecule has 0 saturated carbocycles. The summed E-state index contributed by atoms with van der Waals surface area (Å²) in [6.45, 7) is 7.19. The Bertz CT molecular complexity index is 991. The number of ketones is 1. The lowest BCUT2D eigenvalue weighted by Crippen LogP contribution is -2.42. The molecule has 0 unspecified atom stereocenters. The summed E-state index contributed by atoms with van der Waals surface area (Å²) < 4.78 is 1.01. The summed E-state index contributed by atoms with van der Waals surface area (Å²) in [5.41, 5.74) is 3.43. The van der Waals surface area contributed by atoms with Gasteiger partial charge in [0.2, 0.25) is 5.91 Å². The first-order valence-electron chi connectivity index (χ1n) is 12.2. The predicted octanol–water partition coefficient (Wildman–Crippen LogP) is 8.11. The average molecular weight is 511 g/mol. The molecule has 0 radical (unpaired) electrons. The van der Waals surface area contributed by atoms with Gasteiger partial charge >= 0.3 is 0 Å². The Balaban J connectivity index is 1.71. The van der Waals surface area contributed by atoms with Crippen molar-refractivity contribution in [3.05, 3.63) is 69.7 Å². The highest BCUT2D eigenvalue weighted by molar-refractivity contribution is 9.10. The Morgan fingerprint density at radius 1 is 1.00 bits per heavy atom. The Morgan fingerprint density at radius 2 is 1.67 bits per heavy atom. The molecule has 0 atom stereocenters. The van der Waals surface area contributed by atoms with E-state index in [-0.39, 0.29) is 17.1 Å². The van der Waals surface area contributed by atoms with Gasteiger partial charge in [-0.25, -0.2) is 0 Å². The van der Waals surface area contributed by atoms with Crippen LogP contribution in [0.3, 0.4) is 0 Å². The number of hydrogen-bond donors (Lipinski definition) is 0. The quantitative estimate of drug-likeness (QED) is 0.174. The van der Waals surface area contributed by atoms with Crippen LogP contribution in [0.1, 0.15) is 93.6 Å². The van der Waals surface area contributed by atoms with Crippen LogP contribution in [-0.2, 0) is 10.2 Å². The van der Waals surface area contributed by atoms with Gasteiger partial charge in [0.1, 0.15) is 0 Å².